The highest BCUT2D eigenvalue weighted by Gasteiger charge is 2.51. The Morgan fingerprint density at radius 1 is 1.35 bits per heavy atom. The SMILES string of the molecule is [2H]c1nc([2H])c(C([2H])([2H])C([2H])([2H])[2H])c([2H])c1B1OC(C)(C)C(C)(C)O1. The van der Waals surface area contributed by atoms with E-state index in [-0.39, 0.29) is 5.46 Å². The molecule has 1 aromatic rings. The average molecular weight is 241 g/mol. The molecule has 1 aliphatic rings. The summed E-state index contributed by atoms with van der Waals surface area (Å²) >= 11 is 0. The molecule has 92 valence electrons. The van der Waals surface area contributed by atoms with Crippen LogP contribution in [0.5, 0.6) is 0 Å². The molecule has 0 bridgehead atoms. The van der Waals surface area contributed by atoms with E-state index in [2.05, 4.69) is 4.98 Å². The van der Waals surface area contributed by atoms with Gasteiger partial charge in [0.05, 0.1) is 15.3 Å². The van der Waals surface area contributed by atoms with Crippen molar-refractivity contribution in [2.75, 3.05) is 0 Å². The van der Waals surface area contributed by atoms with E-state index in [1.165, 1.54) is 0 Å². The highest BCUT2D eigenvalue weighted by Crippen LogP contribution is 2.36. The largest absolute Gasteiger partial charge is 0.496 e. The number of pyridine rings is 1. The van der Waals surface area contributed by atoms with Gasteiger partial charge in [0, 0.05) is 24.7 Å². The predicted molar refractivity (Wildman–Crippen MR) is 69.3 cm³/mol. The quantitative estimate of drug-likeness (QED) is 0.741. The van der Waals surface area contributed by atoms with Gasteiger partial charge in [0.25, 0.3) is 0 Å². The van der Waals surface area contributed by atoms with Crippen molar-refractivity contribution in [2.45, 2.75) is 52.1 Å². The van der Waals surface area contributed by atoms with Crippen LogP contribution in [-0.2, 0) is 15.7 Å². The number of rotatable bonds is 2. The maximum Gasteiger partial charge on any atom is 0.496 e. The molecule has 1 aromatic heterocycles. The minimum atomic E-state index is -3.10. The van der Waals surface area contributed by atoms with E-state index in [9.17, 15) is 0 Å². The van der Waals surface area contributed by atoms with Crippen molar-refractivity contribution >= 4 is 12.6 Å². The molecule has 1 saturated heterocycles. The van der Waals surface area contributed by atoms with Crippen LogP contribution in [0.15, 0.2) is 18.4 Å². The Balaban J connectivity index is 2.65. The molecular weight excluding hydrogens is 213 g/mol. The molecule has 0 aromatic carbocycles. The molecule has 0 saturated carbocycles. The summed E-state index contributed by atoms with van der Waals surface area (Å²) in [4.78, 5) is 3.62. The lowest BCUT2D eigenvalue weighted by molar-refractivity contribution is 0.00578. The number of nitrogens with zero attached hydrogens (tertiary/aromatic N) is 1. The van der Waals surface area contributed by atoms with Gasteiger partial charge in [-0.05, 0) is 39.6 Å². The summed E-state index contributed by atoms with van der Waals surface area (Å²) in [5, 5.41) is 0. The van der Waals surface area contributed by atoms with Gasteiger partial charge in [0.2, 0.25) is 0 Å². The lowest BCUT2D eigenvalue weighted by Gasteiger charge is -2.32. The zero-order valence-corrected chi connectivity index (χ0v) is 10.3. The summed E-state index contributed by atoms with van der Waals surface area (Å²) in [6.45, 7) is 3.99. The molecule has 1 aliphatic heterocycles. The third-order valence-electron chi connectivity index (χ3n) is 3.22. The van der Waals surface area contributed by atoms with Crippen LogP contribution in [0, 0.1) is 0 Å². The van der Waals surface area contributed by atoms with Crippen LogP contribution in [0.4, 0.5) is 0 Å². The van der Waals surface area contributed by atoms with Gasteiger partial charge in [-0.15, -0.1) is 0 Å². The number of aromatic nitrogens is 1. The molecule has 0 radical (unpaired) electrons. The fourth-order valence-corrected chi connectivity index (χ4v) is 1.47. The van der Waals surface area contributed by atoms with Crippen LogP contribution in [0.3, 0.4) is 0 Å². The standard InChI is InChI=1S/C13H20BNO2/c1-6-10-7-11(9-15-8-10)14-16-12(2,3)13(4,5)17-14/h7-9H,6H2,1-5H3/i1D3,6D2,7D,8D,9D. The van der Waals surface area contributed by atoms with E-state index in [0.717, 1.165) is 0 Å². The molecule has 0 amide bonds. The van der Waals surface area contributed by atoms with Gasteiger partial charge in [0.1, 0.15) is 0 Å². The van der Waals surface area contributed by atoms with Crippen molar-refractivity contribution in [3.05, 3.63) is 24.0 Å². The molecular formula is C13H20BNO2. The molecule has 4 heteroatoms. The zero-order chi connectivity index (χ0) is 19.6. The van der Waals surface area contributed by atoms with Crippen molar-refractivity contribution in [3.8, 4) is 0 Å². The van der Waals surface area contributed by atoms with Gasteiger partial charge in [-0.1, -0.05) is 12.9 Å². The van der Waals surface area contributed by atoms with E-state index >= 15 is 0 Å². The first kappa shape index (κ1) is 5.85. The summed E-state index contributed by atoms with van der Waals surface area (Å²) in [7, 11) is -1.18. The lowest BCUT2D eigenvalue weighted by Crippen LogP contribution is -2.41. The van der Waals surface area contributed by atoms with Crippen LogP contribution < -0.4 is 5.46 Å². The van der Waals surface area contributed by atoms with E-state index < -0.39 is 55.5 Å². The second-order valence-electron chi connectivity index (χ2n) is 4.96. The Bertz CT molecular complexity index is 688. The molecule has 0 unspecified atom stereocenters. The van der Waals surface area contributed by atoms with Crippen molar-refractivity contribution in [3.63, 3.8) is 0 Å². The maximum atomic E-state index is 8.26. The van der Waals surface area contributed by atoms with Gasteiger partial charge >= 0.3 is 7.12 Å². The van der Waals surface area contributed by atoms with Crippen molar-refractivity contribution in [1.82, 2.24) is 4.98 Å². The minimum Gasteiger partial charge on any atom is -0.399 e. The van der Waals surface area contributed by atoms with E-state index in [0.29, 0.717) is 0 Å². The van der Waals surface area contributed by atoms with Crippen LogP contribution in [0.1, 0.15) is 51.1 Å². The summed E-state index contributed by atoms with van der Waals surface area (Å²) in [5.74, 6) is 0. The highest BCUT2D eigenvalue weighted by atomic mass is 16.7. The molecule has 0 N–H and O–H groups in total. The smallest absolute Gasteiger partial charge is 0.399 e. The molecule has 2 heterocycles. The van der Waals surface area contributed by atoms with Gasteiger partial charge in [-0.2, -0.15) is 0 Å². The first-order chi connectivity index (χ1) is 11.0. The summed E-state index contributed by atoms with van der Waals surface area (Å²) in [6.07, 6.45) is -4.20. The Morgan fingerprint density at radius 2 is 2.00 bits per heavy atom. The second-order valence-corrected chi connectivity index (χ2v) is 4.96. The maximum absolute atomic E-state index is 8.26. The van der Waals surface area contributed by atoms with Crippen molar-refractivity contribution < 1.29 is 20.3 Å². The predicted octanol–water partition coefficient (Wildman–Crippen LogP) is 1.94. The summed E-state index contributed by atoms with van der Waals surface area (Å²) in [6, 6.07) is -0.607. The molecule has 0 aliphatic carbocycles. The minimum absolute atomic E-state index is 0.183. The molecule has 2 rings (SSSR count). The zero-order valence-electron chi connectivity index (χ0n) is 18.3. The Morgan fingerprint density at radius 3 is 2.59 bits per heavy atom. The molecule has 3 nitrogen and oxygen atoms in total. The van der Waals surface area contributed by atoms with Gasteiger partial charge in [0.15, 0.2) is 0 Å². The monoisotopic (exact) mass is 241 g/mol. The van der Waals surface area contributed by atoms with Crippen LogP contribution in [0.25, 0.3) is 0 Å². The average Bonchev–Trinajstić information content (AvgIpc) is 2.54. The van der Waals surface area contributed by atoms with Gasteiger partial charge < -0.3 is 9.31 Å². The van der Waals surface area contributed by atoms with Crippen LogP contribution in [0.2, 0.25) is 0 Å². The lowest BCUT2D eigenvalue weighted by atomic mass is 9.79. The van der Waals surface area contributed by atoms with Crippen LogP contribution in [-0.4, -0.2) is 23.3 Å². The van der Waals surface area contributed by atoms with Crippen molar-refractivity contribution in [1.29, 1.82) is 0 Å². The van der Waals surface area contributed by atoms with E-state index in [4.69, 9.17) is 20.3 Å². The highest BCUT2D eigenvalue weighted by molar-refractivity contribution is 6.62. The molecule has 0 spiro atoms. The third kappa shape index (κ3) is 2.24. The Hall–Kier alpha value is -0.865. The normalized spacial score (nSPS) is 30.2. The molecule has 0 atom stereocenters. The number of hydrogen-bond donors (Lipinski definition) is 0. The topological polar surface area (TPSA) is 31.4 Å². The molecule has 1 fully saturated rings. The van der Waals surface area contributed by atoms with E-state index in [1.807, 2.05) is 0 Å². The van der Waals surface area contributed by atoms with Gasteiger partial charge in [-0.3, -0.25) is 4.98 Å². The van der Waals surface area contributed by atoms with Crippen molar-refractivity contribution in [2.24, 2.45) is 0 Å². The third-order valence-corrected chi connectivity index (χ3v) is 3.22. The van der Waals surface area contributed by atoms with Gasteiger partial charge in [-0.25, -0.2) is 0 Å². The Labute approximate surface area is 115 Å². The second kappa shape index (κ2) is 4.11. The Kier molecular flexibility index (Phi) is 1.41. The van der Waals surface area contributed by atoms with Crippen LogP contribution >= 0.6 is 0 Å². The first-order valence-corrected chi connectivity index (χ1v) is 5.37. The molecule has 17 heavy (non-hydrogen) atoms. The van der Waals surface area contributed by atoms with E-state index in [1.54, 1.807) is 27.7 Å². The fraction of sp³-hybridized carbons (Fsp3) is 0.615. The summed E-state index contributed by atoms with van der Waals surface area (Å²) in [5.41, 5.74) is -2.41. The summed E-state index contributed by atoms with van der Waals surface area (Å²) < 4.78 is 73.5. The number of hydrogen-bond acceptors (Lipinski definition) is 3. The first-order valence-electron chi connectivity index (χ1n) is 9.37. The fourth-order valence-electron chi connectivity index (χ4n) is 1.47.